The Kier molecular flexibility index (Phi) is 22.1. The maximum Gasteiger partial charge on any atom is 0.501 e. The van der Waals surface area contributed by atoms with Crippen LogP contribution in [0.3, 0.4) is 0 Å². The fraction of sp³-hybridized carbons (Fsp3) is 1.00. The van der Waals surface area contributed by atoms with Crippen molar-refractivity contribution in [3.05, 3.63) is 0 Å². The van der Waals surface area contributed by atoms with E-state index in [1.165, 1.54) is 0 Å². The molecule has 0 radical (unpaired) electrons. The van der Waals surface area contributed by atoms with Gasteiger partial charge in [-0.3, -0.25) is 0 Å². The standard InChI is InChI=1S/C33H78N3O9Si3/c1-13-37-46(38-14-2,39-15-3)28-22-25-34(10)31-35(11,26-23-29-47(40-16-4,41-17-5)42-18-6)33-36(12,32-34)27-24-30-48(43-19-7,44-20-8)45-21-9/h13-33H2,1-12H3/q+3. The van der Waals surface area contributed by atoms with Crippen LogP contribution in [0.4, 0.5) is 0 Å². The predicted octanol–water partition coefficient (Wildman–Crippen LogP) is 5.53. The Morgan fingerprint density at radius 2 is 0.500 bits per heavy atom. The smallest absolute Gasteiger partial charge is 0.374 e. The van der Waals surface area contributed by atoms with Crippen LogP contribution in [0.25, 0.3) is 0 Å². The van der Waals surface area contributed by atoms with Crippen LogP contribution in [-0.4, -0.2) is 160 Å². The number of nitrogens with zero attached hydrogens (tertiary/aromatic N) is 3. The second kappa shape index (κ2) is 23.0. The summed E-state index contributed by atoms with van der Waals surface area (Å²) in [6.45, 7) is 30.0. The Hall–Kier alpha value is 0.171. The zero-order valence-electron chi connectivity index (χ0n) is 33.4. The molecule has 1 saturated heterocycles. The average Bonchev–Trinajstić information content (AvgIpc) is 2.97. The topological polar surface area (TPSA) is 83.1 Å². The molecule has 0 aliphatic carbocycles. The van der Waals surface area contributed by atoms with Gasteiger partial charge in [-0.1, -0.05) is 0 Å². The van der Waals surface area contributed by atoms with Crippen molar-refractivity contribution in [1.29, 1.82) is 0 Å². The van der Waals surface area contributed by atoms with E-state index in [9.17, 15) is 0 Å². The summed E-state index contributed by atoms with van der Waals surface area (Å²) in [4.78, 5) is 0. The number of hydrogen-bond acceptors (Lipinski definition) is 9. The Bertz CT molecular complexity index is 688. The van der Waals surface area contributed by atoms with Gasteiger partial charge in [-0.25, -0.2) is 13.4 Å². The number of rotatable bonds is 30. The maximum absolute atomic E-state index is 6.22. The van der Waals surface area contributed by atoms with E-state index < -0.39 is 26.4 Å². The maximum atomic E-state index is 6.22. The summed E-state index contributed by atoms with van der Waals surface area (Å²) in [6, 6.07) is 2.50. The lowest BCUT2D eigenvalue weighted by atomic mass is 10.2. The van der Waals surface area contributed by atoms with E-state index in [2.05, 4.69) is 21.1 Å². The van der Waals surface area contributed by atoms with Gasteiger partial charge in [0.05, 0.1) is 40.8 Å². The van der Waals surface area contributed by atoms with Crippen molar-refractivity contribution in [2.75, 3.05) is 120 Å². The molecule has 1 rings (SSSR count). The first-order chi connectivity index (χ1) is 22.8. The summed E-state index contributed by atoms with van der Waals surface area (Å²) in [5, 5.41) is 0. The molecule has 288 valence electrons. The van der Waals surface area contributed by atoms with Crippen LogP contribution >= 0.6 is 0 Å². The van der Waals surface area contributed by atoms with Gasteiger partial charge >= 0.3 is 26.4 Å². The van der Waals surface area contributed by atoms with E-state index in [1.54, 1.807) is 0 Å². The third-order valence-electron chi connectivity index (χ3n) is 8.87. The Balaban J connectivity index is 3.28. The number of hydrogen-bond donors (Lipinski definition) is 0. The van der Waals surface area contributed by atoms with E-state index in [0.29, 0.717) is 59.5 Å². The molecule has 0 atom stereocenters. The first-order valence-corrected chi connectivity index (χ1v) is 24.8. The van der Waals surface area contributed by atoms with Crippen molar-refractivity contribution in [2.45, 2.75) is 99.7 Å². The first-order valence-electron chi connectivity index (χ1n) is 19.0. The SMILES string of the molecule is CCO[Si](CCC[N+]1(C)C[N+](C)(CCC[Si](OCC)(OCC)OCC)C[N+](C)(CCC[Si](OCC)(OCC)OCC)C1)(OCC)OCC. The molecule has 0 aromatic heterocycles. The molecule has 15 heteroatoms. The van der Waals surface area contributed by atoms with Gasteiger partial charge in [0.1, 0.15) is 0 Å². The Morgan fingerprint density at radius 1 is 0.333 bits per heavy atom. The molecular weight excluding hydrogens is 667 g/mol. The molecule has 0 saturated carbocycles. The monoisotopic (exact) mass is 745 g/mol. The summed E-state index contributed by atoms with van der Waals surface area (Å²) >= 11 is 0. The fourth-order valence-corrected chi connectivity index (χ4v) is 15.8. The van der Waals surface area contributed by atoms with Crippen LogP contribution in [0, 0.1) is 0 Å². The lowest BCUT2D eigenvalue weighted by molar-refractivity contribution is -1.25. The van der Waals surface area contributed by atoms with Gasteiger partial charge in [-0.15, -0.1) is 0 Å². The molecule has 1 heterocycles. The molecule has 1 aliphatic rings. The summed E-state index contributed by atoms with van der Waals surface area (Å²) in [6.07, 6.45) is 2.98. The summed E-state index contributed by atoms with van der Waals surface area (Å²) in [7, 11) is -0.808. The molecule has 48 heavy (non-hydrogen) atoms. The Morgan fingerprint density at radius 3 is 0.646 bits per heavy atom. The summed E-state index contributed by atoms with van der Waals surface area (Å²) in [5.41, 5.74) is 0. The average molecular weight is 745 g/mol. The van der Waals surface area contributed by atoms with Crippen LogP contribution in [0.2, 0.25) is 18.1 Å². The molecule has 1 fully saturated rings. The highest BCUT2D eigenvalue weighted by Gasteiger charge is 2.52. The van der Waals surface area contributed by atoms with Crippen LogP contribution in [0.1, 0.15) is 81.6 Å². The number of quaternary nitrogens is 3. The predicted molar refractivity (Wildman–Crippen MR) is 198 cm³/mol. The van der Waals surface area contributed by atoms with Gasteiger partial charge in [0.25, 0.3) is 0 Å². The molecule has 0 N–H and O–H groups in total. The van der Waals surface area contributed by atoms with Gasteiger partial charge in [-0.2, -0.15) is 0 Å². The highest BCUT2D eigenvalue weighted by atomic mass is 28.4. The van der Waals surface area contributed by atoms with Gasteiger partial charge in [-0.05, 0) is 62.3 Å². The normalized spacial score (nSPS) is 24.0. The first kappa shape index (κ1) is 46.2. The molecule has 0 spiro atoms. The molecule has 12 nitrogen and oxygen atoms in total. The van der Waals surface area contributed by atoms with Crippen LogP contribution in [-0.2, 0) is 39.8 Å². The van der Waals surface area contributed by atoms with Gasteiger partial charge in [0.2, 0.25) is 20.0 Å². The molecule has 0 amide bonds. The van der Waals surface area contributed by atoms with E-state index in [4.69, 9.17) is 39.8 Å². The van der Waals surface area contributed by atoms with Crippen molar-refractivity contribution in [3.63, 3.8) is 0 Å². The second-order valence-electron chi connectivity index (χ2n) is 13.7. The van der Waals surface area contributed by atoms with Crippen molar-refractivity contribution in [2.24, 2.45) is 0 Å². The minimum Gasteiger partial charge on any atom is -0.374 e. The summed E-state index contributed by atoms with van der Waals surface area (Å²) < 4.78 is 58.9. The molecule has 0 bridgehead atoms. The highest BCUT2D eigenvalue weighted by molar-refractivity contribution is 6.61. The minimum absolute atomic E-state index is 0.606. The quantitative estimate of drug-likeness (QED) is 0.0697. The van der Waals surface area contributed by atoms with Crippen molar-refractivity contribution in [3.8, 4) is 0 Å². The second-order valence-corrected chi connectivity index (χ2v) is 21.9. The zero-order chi connectivity index (χ0) is 36.2. The fourth-order valence-electron chi connectivity index (χ4n) is 8.07. The van der Waals surface area contributed by atoms with E-state index in [0.717, 1.165) is 90.5 Å². The third-order valence-corrected chi connectivity index (χ3v) is 18.3. The summed E-state index contributed by atoms with van der Waals surface area (Å²) in [5.74, 6) is 0. The highest BCUT2D eigenvalue weighted by Crippen LogP contribution is 2.30. The van der Waals surface area contributed by atoms with Crippen molar-refractivity contribution < 1.29 is 53.3 Å². The zero-order valence-corrected chi connectivity index (χ0v) is 36.4. The molecule has 0 unspecified atom stereocenters. The van der Waals surface area contributed by atoms with Crippen molar-refractivity contribution >= 4 is 26.4 Å². The van der Waals surface area contributed by atoms with Gasteiger partial charge < -0.3 is 39.8 Å². The van der Waals surface area contributed by atoms with Crippen LogP contribution in [0.5, 0.6) is 0 Å². The molecule has 1 aliphatic heterocycles. The molecular formula is C33H78N3O9Si3+3. The molecule has 0 aromatic carbocycles. The minimum atomic E-state index is -2.71. The molecule has 0 aromatic rings. The Labute approximate surface area is 299 Å². The van der Waals surface area contributed by atoms with E-state index in [1.807, 2.05) is 62.3 Å². The van der Waals surface area contributed by atoms with E-state index >= 15 is 0 Å². The van der Waals surface area contributed by atoms with E-state index in [-0.39, 0.29) is 0 Å². The third kappa shape index (κ3) is 15.4. The lowest BCUT2D eigenvalue weighted by Gasteiger charge is -2.54. The lowest BCUT2D eigenvalue weighted by Crippen LogP contribution is -2.76. The largest absolute Gasteiger partial charge is 0.501 e. The van der Waals surface area contributed by atoms with Crippen LogP contribution < -0.4 is 0 Å². The van der Waals surface area contributed by atoms with Gasteiger partial charge in [0.15, 0.2) is 0 Å². The van der Waals surface area contributed by atoms with Crippen LogP contribution in [0.15, 0.2) is 0 Å². The van der Waals surface area contributed by atoms with Gasteiger partial charge in [0, 0.05) is 96.9 Å². The van der Waals surface area contributed by atoms with Crippen molar-refractivity contribution in [1.82, 2.24) is 0 Å².